The van der Waals surface area contributed by atoms with Crippen LogP contribution >= 0.6 is 23.5 Å². The molecule has 1 saturated carbocycles. The van der Waals surface area contributed by atoms with Gasteiger partial charge in [0.1, 0.15) is 17.6 Å². The second kappa shape index (κ2) is 18.9. The quantitative estimate of drug-likeness (QED) is 0.0846. The zero-order valence-electron chi connectivity index (χ0n) is 30.1. The van der Waals surface area contributed by atoms with E-state index in [1.165, 1.54) is 11.8 Å². The normalized spacial score (nSPS) is 19.2. The summed E-state index contributed by atoms with van der Waals surface area (Å²) in [5, 5.41) is 11.5. The predicted octanol–water partition coefficient (Wildman–Crippen LogP) is 0.961. The van der Waals surface area contributed by atoms with E-state index in [1.54, 1.807) is 32.5 Å². The van der Waals surface area contributed by atoms with Gasteiger partial charge >= 0.3 is 0 Å². The molecule has 0 aromatic heterocycles. The number of carbonyl (C=O) groups is 6. The number of Topliss-reactive ketones (excluding diaryl/α,β-unsaturated/α-hetero) is 1. The van der Waals surface area contributed by atoms with Gasteiger partial charge in [0.05, 0.1) is 42.5 Å². The first-order valence-corrected chi connectivity index (χ1v) is 18.3. The molecule has 1 aliphatic carbocycles. The van der Waals surface area contributed by atoms with Crippen LogP contribution in [-0.4, -0.2) is 116 Å². The minimum absolute atomic E-state index is 0.0567. The second-order valence-electron chi connectivity index (χ2n) is 15.3. The Hall–Kier alpha value is -1.87. The van der Waals surface area contributed by atoms with Crippen molar-refractivity contribution < 1.29 is 33.5 Å². The number of rotatable bonds is 21. The van der Waals surface area contributed by atoms with Gasteiger partial charge in [-0.3, -0.25) is 19.2 Å². The van der Waals surface area contributed by atoms with Gasteiger partial charge in [0, 0.05) is 39.4 Å². The maximum Gasteiger partial charge on any atom is 0.243 e. The zero-order valence-corrected chi connectivity index (χ0v) is 31.7. The minimum Gasteiger partial charge on any atom is -0.360 e. The summed E-state index contributed by atoms with van der Waals surface area (Å²) >= 11 is 3.16. The van der Waals surface area contributed by atoms with E-state index in [0.717, 1.165) is 12.8 Å². The van der Waals surface area contributed by atoms with Crippen LogP contribution in [0.2, 0.25) is 0 Å². The summed E-state index contributed by atoms with van der Waals surface area (Å²) in [6.45, 7) is 15.7. The van der Waals surface area contributed by atoms with Crippen LogP contribution in [0.5, 0.6) is 0 Å². The largest absolute Gasteiger partial charge is 0.360 e. The Labute approximate surface area is 297 Å². The summed E-state index contributed by atoms with van der Waals surface area (Å²) in [6, 6.07) is -1.51. The van der Waals surface area contributed by atoms with Crippen LogP contribution in [0.25, 0.3) is 0 Å². The van der Waals surface area contributed by atoms with E-state index in [9.17, 15) is 28.8 Å². The summed E-state index contributed by atoms with van der Waals surface area (Å²) in [5.41, 5.74) is 1.89. The van der Waals surface area contributed by atoms with Gasteiger partial charge in [-0.15, -0.1) is 0 Å². The number of ketones is 1. The first-order valence-electron chi connectivity index (χ1n) is 16.2. The molecule has 6 N–H and O–H groups in total. The molecule has 48 heavy (non-hydrogen) atoms. The van der Waals surface area contributed by atoms with E-state index in [2.05, 4.69) is 21.3 Å². The fourth-order valence-corrected chi connectivity index (χ4v) is 7.44. The number of ether oxygens (including phenoxy) is 1. The van der Waals surface area contributed by atoms with Crippen molar-refractivity contribution in [3.05, 3.63) is 0 Å². The van der Waals surface area contributed by atoms with Crippen LogP contribution in [0.3, 0.4) is 0 Å². The van der Waals surface area contributed by atoms with E-state index < -0.39 is 51.8 Å². The first-order chi connectivity index (χ1) is 21.8. The van der Waals surface area contributed by atoms with Gasteiger partial charge in [-0.2, -0.15) is 23.5 Å². The number of amides is 3. The van der Waals surface area contributed by atoms with Crippen LogP contribution in [-0.2, 0) is 33.5 Å². The first kappa shape index (κ1) is 44.2. The maximum atomic E-state index is 13.4. The highest BCUT2D eigenvalue weighted by atomic mass is 32.2. The number of thioether (sulfide) groups is 2. The van der Waals surface area contributed by atoms with Crippen molar-refractivity contribution >= 4 is 74.1 Å². The van der Waals surface area contributed by atoms with Gasteiger partial charge in [-0.25, -0.2) is 0 Å². The van der Waals surface area contributed by atoms with Gasteiger partial charge in [0.2, 0.25) is 17.7 Å². The number of hydrogen-bond donors (Lipinski definition) is 5. The molecule has 0 heterocycles. The van der Waals surface area contributed by atoms with Crippen LogP contribution in [0, 0.1) is 10.8 Å². The Balaban J connectivity index is 2.87. The Morgan fingerprint density at radius 2 is 1.25 bits per heavy atom. The van der Waals surface area contributed by atoms with Gasteiger partial charge in [0.15, 0.2) is 15.7 Å². The molecule has 5 atom stereocenters. The second-order valence-corrected chi connectivity index (χ2v) is 17.9. The summed E-state index contributed by atoms with van der Waals surface area (Å²) < 4.78 is 5.90. The lowest BCUT2D eigenvalue weighted by molar-refractivity contribution is -0.141. The molecule has 3 amide bonds. The molecule has 12 nitrogen and oxygen atoms in total. The van der Waals surface area contributed by atoms with Crippen molar-refractivity contribution in [2.45, 2.75) is 122 Å². The van der Waals surface area contributed by atoms with Crippen molar-refractivity contribution in [3.63, 3.8) is 0 Å². The molecule has 1 aliphatic rings. The predicted molar refractivity (Wildman–Crippen MR) is 194 cm³/mol. The molecule has 1 rings (SSSR count). The van der Waals surface area contributed by atoms with Crippen LogP contribution in [0.15, 0.2) is 0 Å². The van der Waals surface area contributed by atoms with Crippen molar-refractivity contribution in [1.29, 1.82) is 0 Å². The van der Waals surface area contributed by atoms with Crippen LogP contribution in [0.4, 0.5) is 0 Å². The molecule has 0 aromatic rings. The molecule has 16 heteroatoms. The van der Waals surface area contributed by atoms with E-state index in [0.29, 0.717) is 5.75 Å². The van der Waals surface area contributed by atoms with Gasteiger partial charge in [-0.1, -0.05) is 20.8 Å². The maximum absolute atomic E-state index is 13.4. The lowest BCUT2D eigenvalue weighted by Crippen LogP contribution is -2.54. The molecule has 0 bridgehead atoms. The summed E-state index contributed by atoms with van der Waals surface area (Å²) in [6.07, 6.45) is 2.32. The Morgan fingerprint density at radius 1 is 0.792 bits per heavy atom. The number of nitrogens with one attached hydrogen (secondary N) is 4. The van der Waals surface area contributed by atoms with Crippen molar-refractivity contribution in [3.8, 4) is 0 Å². The summed E-state index contributed by atoms with van der Waals surface area (Å²) in [7, 11) is 10.4. The van der Waals surface area contributed by atoms with Crippen molar-refractivity contribution in [2.75, 3.05) is 31.2 Å². The summed E-state index contributed by atoms with van der Waals surface area (Å²) in [4.78, 5) is 74.1. The molecule has 0 aliphatic heterocycles. The monoisotopic (exact) mass is 707 g/mol. The highest BCUT2D eigenvalue weighted by Gasteiger charge is 2.38. The molecular formula is C32H55B2N5O7S2. The van der Waals surface area contributed by atoms with Gasteiger partial charge in [0.25, 0.3) is 0 Å². The molecule has 5 unspecified atom stereocenters. The highest BCUT2D eigenvalue weighted by Crippen LogP contribution is 2.40. The third-order valence-corrected chi connectivity index (χ3v) is 10.8. The van der Waals surface area contributed by atoms with Crippen molar-refractivity contribution in [2.24, 2.45) is 16.6 Å². The van der Waals surface area contributed by atoms with Gasteiger partial charge in [-0.05, 0) is 60.8 Å². The third kappa shape index (κ3) is 17.2. The SMILES string of the molecule is [B]C(=O)CNC(=O)C(CSC1CCC1SCC(NC(C)(C)C)C(=O)NCC([B])=O)NC(=O)C(C)(C)COC(C)(N)CCC(=O)C(C)(C)C. The van der Waals surface area contributed by atoms with E-state index in [4.69, 9.17) is 26.2 Å². The molecule has 268 valence electrons. The lowest BCUT2D eigenvalue weighted by atomic mass is 9.87. The molecule has 0 aromatic carbocycles. The highest BCUT2D eigenvalue weighted by molar-refractivity contribution is 8.04. The van der Waals surface area contributed by atoms with E-state index in [-0.39, 0.29) is 66.0 Å². The average Bonchev–Trinajstić information content (AvgIpc) is 2.93. The molecule has 0 saturated heterocycles. The zero-order chi connectivity index (χ0) is 37.1. The fraction of sp³-hybridized carbons (Fsp3) is 0.812. The lowest BCUT2D eigenvalue weighted by Gasteiger charge is -2.38. The van der Waals surface area contributed by atoms with Crippen molar-refractivity contribution in [1.82, 2.24) is 21.3 Å². The van der Waals surface area contributed by atoms with E-state index in [1.807, 2.05) is 41.5 Å². The van der Waals surface area contributed by atoms with Gasteiger partial charge < -0.3 is 41.3 Å². The molecule has 0 spiro atoms. The Kier molecular flexibility index (Phi) is 17.4. The standard InChI is InChI=1S/C32H55B2N5O7S2/c1-29(2,3)23(40)12-13-32(9,35)46-18-31(7,8)28(45)38-19(26(43)36-14-24(33)41)16-47-21-10-11-22(21)48-17-20(39-30(4,5)6)27(44)37-15-25(34)42/h19-22,39H,10-18,35H2,1-9H3,(H,36,43)(H,37,44)(H,38,45). The third-order valence-electron chi connectivity index (χ3n) is 7.59. The Morgan fingerprint density at radius 3 is 1.67 bits per heavy atom. The molecule has 4 radical (unpaired) electrons. The summed E-state index contributed by atoms with van der Waals surface area (Å²) in [5.74, 6) is -0.542. The molecule has 1 fully saturated rings. The van der Waals surface area contributed by atoms with Crippen LogP contribution < -0.4 is 27.0 Å². The Bertz CT molecular complexity index is 1160. The smallest absolute Gasteiger partial charge is 0.243 e. The number of nitrogens with two attached hydrogens (primary N) is 1. The number of carbonyl (C=O) groups excluding carboxylic acids is 6. The fourth-order valence-electron chi connectivity index (χ4n) is 4.32. The van der Waals surface area contributed by atoms with Crippen LogP contribution in [0.1, 0.15) is 88.0 Å². The molecular weight excluding hydrogens is 652 g/mol. The number of hydrogen-bond acceptors (Lipinski definition) is 11. The van der Waals surface area contributed by atoms with E-state index >= 15 is 0 Å². The topological polar surface area (TPSA) is 186 Å². The minimum atomic E-state index is -1.15. The average molecular weight is 708 g/mol.